The minimum atomic E-state index is -3.30. The van der Waals surface area contributed by atoms with E-state index in [0.29, 0.717) is 11.5 Å². The summed E-state index contributed by atoms with van der Waals surface area (Å²) >= 11 is 5.99. The molecule has 5 atom stereocenters. The molecule has 2 aromatic heterocycles. The largest absolute Gasteiger partial charge is 0.497 e. The lowest BCUT2D eigenvalue weighted by atomic mass is 9.80. The third-order valence-electron chi connectivity index (χ3n) is 12.1. The molecule has 2 unspecified atom stereocenters. The van der Waals surface area contributed by atoms with Crippen molar-refractivity contribution in [2.24, 2.45) is 5.92 Å². The Labute approximate surface area is 420 Å². The average Bonchev–Trinajstić information content (AvgIpc) is 3.92. The molecule has 5 aromatic rings. The molecule has 0 radical (unpaired) electrons. The molecule has 0 bridgehead atoms. The number of thiocarbonyl (C=S) groups is 1. The van der Waals surface area contributed by atoms with Gasteiger partial charge in [0, 0.05) is 31.1 Å². The fourth-order valence-electron chi connectivity index (χ4n) is 8.52. The van der Waals surface area contributed by atoms with E-state index in [-0.39, 0.29) is 84.5 Å². The summed E-state index contributed by atoms with van der Waals surface area (Å²) in [5, 5.41) is 12.3. The van der Waals surface area contributed by atoms with Gasteiger partial charge in [0.05, 0.1) is 57.8 Å². The monoisotopic (exact) mass is 1030 g/mol. The van der Waals surface area contributed by atoms with E-state index in [4.69, 9.17) is 44.9 Å². The van der Waals surface area contributed by atoms with Gasteiger partial charge in [-0.3, -0.25) is 24.5 Å². The quantitative estimate of drug-likeness (QED) is 0.0358. The van der Waals surface area contributed by atoms with Crippen molar-refractivity contribution in [3.05, 3.63) is 112 Å². The summed E-state index contributed by atoms with van der Waals surface area (Å²) in [6, 6.07) is 26.9. The summed E-state index contributed by atoms with van der Waals surface area (Å²) in [7, 11) is -2.10. The zero-order valence-electron chi connectivity index (χ0n) is 41.0. The second-order valence-electron chi connectivity index (χ2n) is 17.9. The summed E-state index contributed by atoms with van der Waals surface area (Å²) < 4.78 is 75.1. The first-order valence-corrected chi connectivity index (χ1v) is 26.7. The molecule has 380 valence electrons. The van der Waals surface area contributed by atoms with Crippen LogP contribution in [0.2, 0.25) is 0 Å². The Balaban J connectivity index is 1.42. The highest BCUT2D eigenvalue weighted by Crippen LogP contribution is 2.52. The predicted molar refractivity (Wildman–Crippen MR) is 272 cm³/mol. The molecule has 2 N–H and O–H groups in total. The van der Waals surface area contributed by atoms with Gasteiger partial charge in [0.15, 0.2) is 33.3 Å². The summed E-state index contributed by atoms with van der Waals surface area (Å²) in [6.07, 6.45) is -3.03. The van der Waals surface area contributed by atoms with Gasteiger partial charge in [-0.1, -0.05) is 68.4 Å². The number of nitrogens with zero attached hydrogens (tertiary/aromatic N) is 6. The number of nitrogens with one attached hydrogen (secondary N) is 2. The minimum Gasteiger partial charge on any atom is -0.497 e. The Morgan fingerprint density at radius 3 is 2.08 bits per heavy atom. The molecule has 0 spiro atoms. The third kappa shape index (κ3) is 12.0. The first-order valence-electron chi connectivity index (χ1n) is 23.3. The molecule has 22 heteroatoms. The van der Waals surface area contributed by atoms with Crippen molar-refractivity contribution in [2.75, 3.05) is 57.3 Å². The van der Waals surface area contributed by atoms with Gasteiger partial charge in [0.25, 0.3) is 19.3 Å². The van der Waals surface area contributed by atoms with Gasteiger partial charge in [-0.25, -0.2) is 18.1 Å². The van der Waals surface area contributed by atoms with Gasteiger partial charge in [0.1, 0.15) is 29.3 Å². The molecule has 7 rings (SSSR count). The third-order valence-corrected chi connectivity index (χ3v) is 16.2. The number of benzene rings is 3. The van der Waals surface area contributed by atoms with Crippen LogP contribution in [-0.4, -0.2) is 131 Å². The topological polar surface area (TPSA) is 222 Å². The van der Waals surface area contributed by atoms with Crippen LogP contribution in [0.15, 0.2) is 90.0 Å². The second-order valence-corrected chi connectivity index (χ2v) is 21.9. The van der Waals surface area contributed by atoms with Crippen LogP contribution < -0.4 is 20.3 Å². The second kappa shape index (κ2) is 23.3. The number of H-pyrrole nitrogens is 1. The normalized spacial score (nSPS) is 19.6. The first kappa shape index (κ1) is 53.2. The molecule has 2 aliphatic heterocycles. The van der Waals surface area contributed by atoms with Crippen LogP contribution in [0.3, 0.4) is 0 Å². The van der Waals surface area contributed by atoms with Crippen LogP contribution in [0.4, 0.5) is 5.95 Å². The summed E-state index contributed by atoms with van der Waals surface area (Å²) in [4.78, 5) is 39.9. The van der Waals surface area contributed by atoms with Crippen LogP contribution in [0.5, 0.6) is 11.5 Å². The van der Waals surface area contributed by atoms with E-state index in [0.717, 1.165) is 16.7 Å². The number of aromatic amines is 1. The summed E-state index contributed by atoms with van der Waals surface area (Å²) in [5.74, 6) is 0.101. The van der Waals surface area contributed by atoms with Crippen molar-refractivity contribution in [3.8, 4) is 17.6 Å². The minimum absolute atomic E-state index is 0.0109. The maximum absolute atomic E-state index is 13.6. The van der Waals surface area contributed by atoms with Gasteiger partial charge in [0.2, 0.25) is 11.9 Å². The molecule has 2 aliphatic rings. The number of fused-ring (bicyclic) bond motifs is 1. The Bertz CT molecular complexity index is 2760. The van der Waals surface area contributed by atoms with Gasteiger partial charge in [-0.2, -0.15) is 10.2 Å². The predicted octanol–water partition coefficient (Wildman–Crippen LogP) is 6.70. The number of anilines is 1. The fourth-order valence-corrected chi connectivity index (χ4v) is 11.8. The fraction of sp³-hybridized carbons (Fsp3) is 0.469. The van der Waals surface area contributed by atoms with Crippen molar-refractivity contribution < 1.29 is 45.9 Å². The molecule has 71 heavy (non-hydrogen) atoms. The van der Waals surface area contributed by atoms with Gasteiger partial charge >= 0.3 is 0 Å². The summed E-state index contributed by atoms with van der Waals surface area (Å²) in [5.41, 5.74) is 0.358. The van der Waals surface area contributed by atoms with Crippen molar-refractivity contribution in [3.63, 3.8) is 0 Å². The lowest BCUT2D eigenvalue weighted by molar-refractivity contribution is -0.118. The zero-order chi connectivity index (χ0) is 51.0. The van der Waals surface area contributed by atoms with E-state index in [2.05, 4.69) is 31.0 Å². The molecular weight excluding hydrogens is 972 g/mol. The van der Waals surface area contributed by atoms with Crippen molar-refractivity contribution in [1.29, 1.82) is 5.26 Å². The first-order chi connectivity index (χ1) is 34.0. The number of hydrogen-bond donors (Lipinski definition) is 2. The van der Waals surface area contributed by atoms with Crippen molar-refractivity contribution in [2.45, 2.75) is 90.2 Å². The number of carbonyl (C=O) groups excluding carboxylic acids is 1. The standard InChI is InChI=1S/C49H61N8O11PS2/c1-31(2)44(58)53-47-52-43-40(45(59)54-47)51-30-56(43)46-42(67-48(70)55-24-27-71(60,61)28-25-55)41(68-69(65-26-12-23-50)57(32(3)4)33(5)6)39(66-46)29-64-49(34-13-10-9-11-14-34,35-15-19-37(62-7)20-16-35)36-17-21-38(63-8)22-18-36/h9-11,13-22,30-33,39,41-42,46H,12,24-29H2,1-8H3,(H2,52,53,54,58,59)/t39-,41?,42+,46-,69?/m1/s1. The van der Waals surface area contributed by atoms with Crippen LogP contribution in [0.25, 0.3) is 11.2 Å². The Hall–Kier alpha value is -5.56. The number of methoxy groups -OCH3 is 2. The SMILES string of the molecule is COc1ccc(C(OC[C@H]2O[C@@H](n3cnc4c(=O)[nH]c(NC(=O)C(C)C)nc43)[C@@H](OC(=S)N3CCS(=O)(=O)CC3)C2OP(OCCC#N)N(C(C)C)C(C)C)(c2ccccc2)c2ccc(OC)cc2)cc1. The molecular formula is C49H61N8O11PS2. The van der Waals surface area contributed by atoms with E-state index in [1.807, 2.05) is 107 Å². The molecule has 3 aromatic carbocycles. The number of aromatic nitrogens is 4. The molecule has 0 aliphatic carbocycles. The molecule has 19 nitrogen and oxygen atoms in total. The van der Waals surface area contributed by atoms with Crippen LogP contribution in [0.1, 0.15) is 70.9 Å². The molecule has 1 amide bonds. The van der Waals surface area contributed by atoms with Crippen LogP contribution >= 0.6 is 20.7 Å². The maximum atomic E-state index is 13.6. The highest BCUT2D eigenvalue weighted by Gasteiger charge is 2.53. The maximum Gasteiger partial charge on any atom is 0.280 e. The van der Waals surface area contributed by atoms with E-state index < -0.39 is 60.0 Å². The molecule has 4 heterocycles. The van der Waals surface area contributed by atoms with E-state index in [1.165, 1.54) is 10.9 Å². The summed E-state index contributed by atoms with van der Waals surface area (Å²) in [6.45, 7) is 11.5. The van der Waals surface area contributed by atoms with Crippen molar-refractivity contribution >= 4 is 58.8 Å². The number of sulfone groups is 1. The number of imidazole rings is 1. The van der Waals surface area contributed by atoms with Gasteiger partial charge < -0.3 is 37.6 Å². The average molecular weight is 1030 g/mol. The van der Waals surface area contributed by atoms with E-state index in [9.17, 15) is 23.3 Å². The van der Waals surface area contributed by atoms with Crippen molar-refractivity contribution in [1.82, 2.24) is 29.1 Å². The molecule has 0 saturated carbocycles. The smallest absolute Gasteiger partial charge is 0.280 e. The Morgan fingerprint density at radius 1 is 0.944 bits per heavy atom. The lowest BCUT2D eigenvalue weighted by Gasteiger charge is -2.39. The number of ether oxygens (including phenoxy) is 5. The number of hydrogen-bond acceptors (Lipinski definition) is 16. The number of nitriles is 1. The van der Waals surface area contributed by atoms with Gasteiger partial charge in [-0.05, 0) is 80.9 Å². The van der Waals surface area contributed by atoms with E-state index >= 15 is 0 Å². The Kier molecular flexibility index (Phi) is 17.5. The zero-order valence-corrected chi connectivity index (χ0v) is 43.5. The number of rotatable bonds is 20. The van der Waals surface area contributed by atoms with E-state index in [1.54, 1.807) is 33.0 Å². The lowest BCUT2D eigenvalue weighted by Crippen LogP contribution is -2.48. The number of amides is 1. The highest BCUT2D eigenvalue weighted by atomic mass is 32.2. The molecule has 2 fully saturated rings. The molecule has 2 saturated heterocycles. The van der Waals surface area contributed by atoms with Crippen LogP contribution in [0, 0.1) is 17.2 Å². The Morgan fingerprint density at radius 2 is 1.54 bits per heavy atom. The van der Waals surface area contributed by atoms with Gasteiger partial charge in [-0.15, -0.1) is 0 Å². The highest BCUT2D eigenvalue weighted by molar-refractivity contribution is 7.91. The number of carbonyl (C=O) groups is 1. The van der Waals surface area contributed by atoms with Crippen LogP contribution in [-0.2, 0) is 43.5 Å².